The van der Waals surface area contributed by atoms with Gasteiger partial charge in [0.2, 0.25) is 5.82 Å². The first-order chi connectivity index (χ1) is 13.8. The number of hydrogen-bond acceptors (Lipinski definition) is 5. The molecular weight excluding hydrogens is 352 g/mol. The summed E-state index contributed by atoms with van der Waals surface area (Å²) in [6.45, 7) is 7.53. The molecule has 2 heterocycles. The minimum Gasteiger partial charge on any atom is -0.330 e. The average Bonchev–Trinajstić information content (AvgIpc) is 3.41. The van der Waals surface area contributed by atoms with E-state index in [1.54, 1.807) is 0 Å². The Morgan fingerprint density at radius 2 is 1.29 bits per heavy atom. The highest BCUT2D eigenvalue weighted by Crippen LogP contribution is 2.14. The summed E-state index contributed by atoms with van der Waals surface area (Å²) in [6.07, 6.45) is 0.736. The lowest BCUT2D eigenvalue weighted by Gasteiger charge is -1.91. The molecule has 8 heteroatoms. The van der Waals surface area contributed by atoms with Crippen molar-refractivity contribution in [1.29, 1.82) is 0 Å². The summed E-state index contributed by atoms with van der Waals surface area (Å²) in [5.41, 5.74) is 7.40. The maximum absolute atomic E-state index is 6.69. The smallest absolute Gasteiger partial charge is 0.272 e. The number of nitrogens with one attached hydrogen (secondary N) is 2. The first-order valence-electron chi connectivity index (χ1n) is 8.77. The highest BCUT2D eigenvalue weighted by atomic mass is 15.2. The van der Waals surface area contributed by atoms with Gasteiger partial charge in [0.1, 0.15) is 5.82 Å². The van der Waals surface area contributed by atoms with Gasteiger partial charge in [0, 0.05) is 17.5 Å². The van der Waals surface area contributed by atoms with E-state index in [1.165, 1.54) is 0 Å². The first-order valence-corrected chi connectivity index (χ1v) is 8.77. The Balaban J connectivity index is 0.000000161. The first kappa shape index (κ1) is 18.9. The molecule has 4 rings (SSSR count). The molecule has 28 heavy (non-hydrogen) atoms. The van der Waals surface area contributed by atoms with Gasteiger partial charge in [0.15, 0.2) is 11.6 Å². The second kappa shape index (κ2) is 9.75. The molecule has 0 unspecified atom stereocenters. The van der Waals surface area contributed by atoms with E-state index in [-0.39, 0.29) is 6.54 Å². The molecule has 0 atom stereocenters. The van der Waals surface area contributed by atoms with E-state index >= 15 is 0 Å². The topological polar surface area (TPSA) is 114 Å². The fourth-order valence-corrected chi connectivity index (χ4v) is 2.42. The van der Waals surface area contributed by atoms with Crippen molar-refractivity contribution in [3.05, 3.63) is 83.7 Å². The Bertz CT molecular complexity index is 1020. The molecule has 2 aromatic carbocycles. The number of nitrogens with two attached hydrogens (primary N) is 1. The van der Waals surface area contributed by atoms with Crippen LogP contribution in [-0.4, -0.2) is 36.9 Å². The predicted molar refractivity (Wildman–Crippen MR) is 107 cm³/mol. The van der Waals surface area contributed by atoms with E-state index in [0.29, 0.717) is 18.2 Å². The molecule has 0 aliphatic carbocycles. The van der Waals surface area contributed by atoms with Crippen LogP contribution < -0.4 is 5.73 Å². The molecule has 0 amide bonds. The van der Waals surface area contributed by atoms with Gasteiger partial charge in [0.05, 0.1) is 0 Å². The standard InChI is InChI=1S/C10H8N4.C10H12N4/c1-11-7-9-12-10(14-13-9)8-5-3-2-4-6-8;11-7-6-9-12-10(14-13-9)8-4-2-1-3-5-8/h2-6H,7H2,(H,12,13,14);1-5H,6-7,11H2,(H,12,13,14). The summed E-state index contributed by atoms with van der Waals surface area (Å²) < 4.78 is 0. The summed E-state index contributed by atoms with van der Waals surface area (Å²) in [4.78, 5) is 11.7. The Labute approximate surface area is 162 Å². The molecule has 0 saturated carbocycles. The van der Waals surface area contributed by atoms with Crippen molar-refractivity contribution in [2.45, 2.75) is 13.0 Å². The third-order valence-corrected chi connectivity index (χ3v) is 3.74. The lowest BCUT2D eigenvalue weighted by molar-refractivity contribution is 0.874. The number of rotatable bonds is 5. The van der Waals surface area contributed by atoms with E-state index in [2.05, 4.69) is 35.2 Å². The number of nitrogens with zero attached hydrogens (tertiary/aromatic N) is 5. The maximum Gasteiger partial charge on any atom is 0.272 e. The fourth-order valence-electron chi connectivity index (χ4n) is 2.42. The summed E-state index contributed by atoms with van der Waals surface area (Å²) in [5, 5.41) is 13.7. The summed E-state index contributed by atoms with van der Waals surface area (Å²) in [6, 6.07) is 19.5. The molecule has 4 aromatic rings. The largest absolute Gasteiger partial charge is 0.330 e. The van der Waals surface area contributed by atoms with Crippen LogP contribution in [0.15, 0.2) is 60.7 Å². The molecule has 2 aromatic heterocycles. The second-order valence-corrected chi connectivity index (χ2v) is 5.80. The quantitative estimate of drug-likeness (QED) is 0.466. The van der Waals surface area contributed by atoms with Gasteiger partial charge >= 0.3 is 0 Å². The van der Waals surface area contributed by atoms with Crippen molar-refractivity contribution in [3.63, 3.8) is 0 Å². The molecule has 0 aliphatic rings. The Morgan fingerprint density at radius 1 is 0.786 bits per heavy atom. The van der Waals surface area contributed by atoms with Crippen LogP contribution in [0.3, 0.4) is 0 Å². The summed E-state index contributed by atoms with van der Waals surface area (Å²) in [7, 11) is 0. The van der Waals surface area contributed by atoms with Crippen LogP contribution >= 0.6 is 0 Å². The molecule has 0 radical (unpaired) electrons. The average molecular weight is 372 g/mol. The van der Waals surface area contributed by atoms with Crippen LogP contribution in [0.25, 0.3) is 27.6 Å². The zero-order valence-electron chi connectivity index (χ0n) is 15.2. The van der Waals surface area contributed by atoms with Gasteiger partial charge in [-0.3, -0.25) is 10.2 Å². The number of hydrogen-bond donors (Lipinski definition) is 3. The minimum absolute atomic E-state index is 0.250. The highest BCUT2D eigenvalue weighted by Gasteiger charge is 2.06. The molecule has 4 N–H and O–H groups in total. The lowest BCUT2D eigenvalue weighted by Crippen LogP contribution is -2.03. The monoisotopic (exact) mass is 372 g/mol. The Kier molecular flexibility index (Phi) is 6.60. The third-order valence-electron chi connectivity index (χ3n) is 3.74. The third kappa shape index (κ3) is 5.09. The summed E-state index contributed by atoms with van der Waals surface area (Å²) >= 11 is 0. The molecule has 0 aliphatic heterocycles. The number of aromatic amines is 2. The molecule has 8 nitrogen and oxygen atoms in total. The van der Waals surface area contributed by atoms with Crippen LogP contribution in [-0.2, 0) is 13.0 Å². The zero-order chi connectivity index (χ0) is 19.6. The van der Waals surface area contributed by atoms with Crippen molar-refractivity contribution in [3.8, 4) is 22.8 Å². The van der Waals surface area contributed by atoms with Gasteiger partial charge in [-0.15, -0.1) is 0 Å². The number of H-pyrrole nitrogens is 2. The van der Waals surface area contributed by atoms with Gasteiger partial charge < -0.3 is 10.6 Å². The SMILES string of the molecule is NCCc1nc(-c2ccccc2)n[nH]1.[C-]#[N+]Cc1nc(-c2ccccc2)n[nH]1. The van der Waals surface area contributed by atoms with Crippen LogP contribution in [0.4, 0.5) is 0 Å². The van der Waals surface area contributed by atoms with Gasteiger partial charge in [-0.1, -0.05) is 60.7 Å². The van der Waals surface area contributed by atoms with Crippen LogP contribution in [0.5, 0.6) is 0 Å². The van der Waals surface area contributed by atoms with Crippen molar-refractivity contribution in [2.75, 3.05) is 6.54 Å². The lowest BCUT2D eigenvalue weighted by atomic mass is 10.2. The van der Waals surface area contributed by atoms with Crippen molar-refractivity contribution >= 4 is 0 Å². The number of aromatic nitrogens is 6. The molecule has 0 fully saturated rings. The second-order valence-electron chi connectivity index (χ2n) is 5.80. The molecule has 140 valence electrons. The van der Waals surface area contributed by atoms with Crippen LogP contribution in [0.1, 0.15) is 11.6 Å². The van der Waals surface area contributed by atoms with E-state index in [0.717, 1.165) is 29.2 Å². The van der Waals surface area contributed by atoms with Gasteiger partial charge in [-0.2, -0.15) is 10.2 Å². The Morgan fingerprint density at radius 3 is 1.79 bits per heavy atom. The molecular formula is C20H20N8. The van der Waals surface area contributed by atoms with Crippen molar-refractivity contribution in [1.82, 2.24) is 30.4 Å². The molecule has 0 saturated heterocycles. The fraction of sp³-hybridized carbons (Fsp3) is 0.150. The summed E-state index contributed by atoms with van der Waals surface area (Å²) in [5.74, 6) is 2.82. The molecule has 0 spiro atoms. The molecule has 0 bridgehead atoms. The Hall–Kier alpha value is -3.83. The van der Waals surface area contributed by atoms with Crippen LogP contribution in [0.2, 0.25) is 0 Å². The van der Waals surface area contributed by atoms with Crippen molar-refractivity contribution in [2.24, 2.45) is 5.73 Å². The zero-order valence-corrected chi connectivity index (χ0v) is 15.2. The van der Waals surface area contributed by atoms with E-state index < -0.39 is 0 Å². The van der Waals surface area contributed by atoms with E-state index in [9.17, 15) is 0 Å². The predicted octanol–water partition coefficient (Wildman–Crippen LogP) is 2.86. The van der Waals surface area contributed by atoms with Gasteiger partial charge in [-0.25, -0.2) is 16.5 Å². The van der Waals surface area contributed by atoms with E-state index in [1.807, 2.05) is 60.7 Å². The number of benzene rings is 2. The highest BCUT2D eigenvalue weighted by molar-refractivity contribution is 5.54. The van der Waals surface area contributed by atoms with Gasteiger partial charge in [0.25, 0.3) is 6.54 Å². The maximum atomic E-state index is 6.69. The van der Waals surface area contributed by atoms with Gasteiger partial charge in [-0.05, 0) is 6.54 Å². The minimum atomic E-state index is 0.250. The normalized spacial score (nSPS) is 10.0. The van der Waals surface area contributed by atoms with Crippen molar-refractivity contribution < 1.29 is 0 Å². The van der Waals surface area contributed by atoms with E-state index in [4.69, 9.17) is 12.3 Å². The van der Waals surface area contributed by atoms with Crippen LogP contribution in [0, 0.1) is 6.57 Å².